The van der Waals surface area contributed by atoms with Crippen LogP contribution in [0.15, 0.2) is 29.5 Å². The fourth-order valence-electron chi connectivity index (χ4n) is 2.88. The number of carbonyl (C=O) groups excluding carboxylic acids is 1. The number of ketones is 1. The summed E-state index contributed by atoms with van der Waals surface area (Å²) in [5.41, 5.74) is 6.24. The van der Waals surface area contributed by atoms with Crippen LogP contribution in [0.1, 0.15) is 25.0 Å². The monoisotopic (exact) mass is 213 g/mol. The topological polar surface area (TPSA) is 20.3 Å². The lowest BCUT2D eigenvalue weighted by Gasteiger charge is -2.30. The molecule has 1 aromatic rings. The van der Waals surface area contributed by atoms with Crippen LogP contribution in [0.4, 0.5) is 5.69 Å². The Kier molecular flexibility index (Phi) is 1.93. The van der Waals surface area contributed by atoms with Gasteiger partial charge in [0.15, 0.2) is 5.78 Å². The zero-order valence-corrected chi connectivity index (χ0v) is 9.71. The summed E-state index contributed by atoms with van der Waals surface area (Å²) in [6.07, 6.45) is 1.91. The van der Waals surface area contributed by atoms with E-state index in [4.69, 9.17) is 0 Å². The van der Waals surface area contributed by atoms with Gasteiger partial charge in [-0.05, 0) is 31.4 Å². The Labute approximate surface area is 95.6 Å². The molecular weight excluding hydrogens is 198 g/mol. The maximum atomic E-state index is 11.6. The molecule has 2 aliphatic rings. The van der Waals surface area contributed by atoms with Crippen molar-refractivity contribution in [2.24, 2.45) is 0 Å². The van der Waals surface area contributed by atoms with E-state index in [9.17, 15) is 4.79 Å². The van der Waals surface area contributed by atoms with E-state index < -0.39 is 0 Å². The van der Waals surface area contributed by atoms with Gasteiger partial charge in [0.2, 0.25) is 0 Å². The number of benzene rings is 1. The molecule has 0 radical (unpaired) electrons. The lowest BCUT2D eigenvalue weighted by Crippen LogP contribution is -2.26. The Morgan fingerprint density at radius 2 is 2.06 bits per heavy atom. The van der Waals surface area contributed by atoms with Crippen LogP contribution < -0.4 is 4.90 Å². The standard InChI is InChI=1S/C14H15NO/c1-9-13(10(2)16)8-12-5-3-4-11-6-7-15(9)14(11)12/h3-5H,6-8H2,1-2H3. The quantitative estimate of drug-likeness (QED) is 0.714. The molecule has 3 rings (SSSR count). The van der Waals surface area contributed by atoms with E-state index in [1.165, 1.54) is 16.8 Å². The van der Waals surface area contributed by atoms with Crippen molar-refractivity contribution in [3.05, 3.63) is 40.6 Å². The van der Waals surface area contributed by atoms with E-state index in [1.54, 1.807) is 6.92 Å². The van der Waals surface area contributed by atoms with Gasteiger partial charge in [0.25, 0.3) is 0 Å². The van der Waals surface area contributed by atoms with E-state index in [1.807, 2.05) is 0 Å². The molecule has 0 atom stereocenters. The number of anilines is 1. The van der Waals surface area contributed by atoms with Crippen LogP contribution in [0.5, 0.6) is 0 Å². The van der Waals surface area contributed by atoms with E-state index in [2.05, 4.69) is 30.0 Å². The van der Waals surface area contributed by atoms with Crippen LogP contribution in [-0.4, -0.2) is 12.3 Å². The van der Waals surface area contributed by atoms with Crippen LogP contribution in [0.2, 0.25) is 0 Å². The largest absolute Gasteiger partial charge is 0.344 e. The second kappa shape index (κ2) is 3.21. The lowest BCUT2D eigenvalue weighted by atomic mass is 9.93. The molecule has 0 aliphatic carbocycles. The predicted molar refractivity (Wildman–Crippen MR) is 64.6 cm³/mol. The van der Waals surface area contributed by atoms with Gasteiger partial charge in [-0.25, -0.2) is 0 Å². The molecule has 0 bridgehead atoms. The smallest absolute Gasteiger partial charge is 0.157 e. The molecular formula is C14H15NO. The summed E-state index contributed by atoms with van der Waals surface area (Å²) in [6, 6.07) is 6.45. The van der Waals surface area contributed by atoms with E-state index >= 15 is 0 Å². The fourth-order valence-corrected chi connectivity index (χ4v) is 2.88. The normalized spacial score (nSPS) is 17.8. The van der Waals surface area contributed by atoms with Crippen LogP contribution in [-0.2, 0) is 17.6 Å². The molecule has 0 aromatic heterocycles. The average Bonchev–Trinajstić information content (AvgIpc) is 2.68. The molecule has 0 spiro atoms. The molecule has 2 heteroatoms. The van der Waals surface area contributed by atoms with Crippen molar-refractivity contribution < 1.29 is 4.79 Å². The maximum absolute atomic E-state index is 11.6. The second-order valence-electron chi connectivity index (χ2n) is 4.62. The first-order chi connectivity index (χ1) is 7.68. The summed E-state index contributed by atoms with van der Waals surface area (Å²) in [6.45, 7) is 4.76. The summed E-state index contributed by atoms with van der Waals surface area (Å²) in [7, 11) is 0. The van der Waals surface area contributed by atoms with Crippen molar-refractivity contribution >= 4 is 11.5 Å². The summed E-state index contributed by atoms with van der Waals surface area (Å²) < 4.78 is 0. The van der Waals surface area contributed by atoms with Gasteiger partial charge >= 0.3 is 0 Å². The summed E-state index contributed by atoms with van der Waals surface area (Å²) in [5, 5.41) is 0. The summed E-state index contributed by atoms with van der Waals surface area (Å²) in [4.78, 5) is 13.9. The van der Waals surface area contributed by atoms with Gasteiger partial charge in [-0.1, -0.05) is 18.2 Å². The first-order valence-electron chi connectivity index (χ1n) is 5.77. The minimum Gasteiger partial charge on any atom is -0.344 e. The van der Waals surface area contributed by atoms with Gasteiger partial charge in [-0.2, -0.15) is 0 Å². The average molecular weight is 213 g/mol. The first kappa shape index (κ1) is 9.64. The highest BCUT2D eigenvalue weighted by Crippen LogP contribution is 2.40. The molecule has 0 N–H and O–H groups in total. The molecule has 0 amide bonds. The molecule has 0 saturated carbocycles. The SMILES string of the molecule is CC(=O)C1=C(C)N2CCc3cccc(c32)C1. The number of hydrogen-bond donors (Lipinski definition) is 0. The zero-order valence-electron chi connectivity index (χ0n) is 9.71. The Morgan fingerprint density at radius 3 is 2.81 bits per heavy atom. The molecule has 0 saturated heterocycles. The number of para-hydroxylation sites is 1. The maximum Gasteiger partial charge on any atom is 0.157 e. The molecule has 2 aliphatic heterocycles. The van der Waals surface area contributed by atoms with Gasteiger partial charge < -0.3 is 4.90 Å². The van der Waals surface area contributed by atoms with E-state index in [0.29, 0.717) is 0 Å². The van der Waals surface area contributed by atoms with E-state index in [-0.39, 0.29) is 5.78 Å². The Bertz CT molecular complexity index is 513. The highest BCUT2D eigenvalue weighted by atomic mass is 16.1. The number of allylic oxidation sites excluding steroid dienone is 2. The number of hydrogen-bond acceptors (Lipinski definition) is 2. The Morgan fingerprint density at radius 1 is 1.31 bits per heavy atom. The third-order valence-corrected chi connectivity index (χ3v) is 3.71. The number of rotatable bonds is 1. The van der Waals surface area contributed by atoms with Gasteiger partial charge in [0.1, 0.15) is 0 Å². The highest BCUT2D eigenvalue weighted by Gasteiger charge is 2.29. The van der Waals surface area contributed by atoms with Crippen LogP contribution in [0, 0.1) is 0 Å². The third kappa shape index (κ3) is 1.16. The zero-order chi connectivity index (χ0) is 11.3. The summed E-state index contributed by atoms with van der Waals surface area (Å²) >= 11 is 0. The molecule has 2 nitrogen and oxygen atoms in total. The molecule has 0 fully saturated rings. The molecule has 2 heterocycles. The second-order valence-corrected chi connectivity index (χ2v) is 4.62. The minimum atomic E-state index is 0.209. The van der Waals surface area contributed by atoms with Gasteiger partial charge in [0, 0.05) is 29.9 Å². The van der Waals surface area contributed by atoms with Gasteiger partial charge in [-0.3, -0.25) is 4.79 Å². The number of carbonyl (C=O) groups is 1. The van der Waals surface area contributed by atoms with Crippen molar-refractivity contribution in [2.75, 3.05) is 11.4 Å². The Balaban J connectivity index is 2.19. The fraction of sp³-hybridized carbons (Fsp3) is 0.357. The lowest BCUT2D eigenvalue weighted by molar-refractivity contribution is -0.113. The predicted octanol–water partition coefficient (Wildman–Crippen LogP) is 2.47. The van der Waals surface area contributed by atoms with E-state index in [0.717, 1.165) is 30.7 Å². The van der Waals surface area contributed by atoms with Crippen molar-refractivity contribution in [2.45, 2.75) is 26.7 Å². The van der Waals surface area contributed by atoms with Gasteiger partial charge in [0.05, 0.1) is 0 Å². The van der Waals surface area contributed by atoms with Crippen molar-refractivity contribution in [1.29, 1.82) is 0 Å². The third-order valence-electron chi connectivity index (χ3n) is 3.71. The van der Waals surface area contributed by atoms with Crippen molar-refractivity contribution in [1.82, 2.24) is 0 Å². The summed E-state index contributed by atoms with van der Waals surface area (Å²) in [5.74, 6) is 0.209. The Hall–Kier alpha value is -1.57. The molecule has 82 valence electrons. The molecule has 0 unspecified atom stereocenters. The molecule has 1 aromatic carbocycles. The van der Waals surface area contributed by atoms with Crippen LogP contribution in [0.3, 0.4) is 0 Å². The van der Waals surface area contributed by atoms with Crippen molar-refractivity contribution in [3.63, 3.8) is 0 Å². The van der Waals surface area contributed by atoms with Crippen LogP contribution in [0.25, 0.3) is 0 Å². The van der Waals surface area contributed by atoms with Crippen molar-refractivity contribution in [3.8, 4) is 0 Å². The highest BCUT2D eigenvalue weighted by molar-refractivity contribution is 5.96. The molecule has 16 heavy (non-hydrogen) atoms. The first-order valence-corrected chi connectivity index (χ1v) is 5.77. The number of nitrogens with zero attached hydrogens (tertiary/aromatic N) is 1. The number of Topliss-reactive ketones (excluding diaryl/α,β-unsaturated/α-hetero) is 1. The minimum absolute atomic E-state index is 0.209. The van der Waals surface area contributed by atoms with Gasteiger partial charge in [-0.15, -0.1) is 0 Å². The van der Waals surface area contributed by atoms with Crippen LogP contribution >= 0.6 is 0 Å².